The van der Waals surface area contributed by atoms with Crippen molar-refractivity contribution in [1.29, 1.82) is 0 Å². The fourth-order valence-corrected chi connectivity index (χ4v) is 3.19. The summed E-state index contributed by atoms with van der Waals surface area (Å²) >= 11 is 0. The zero-order valence-electron chi connectivity index (χ0n) is 15.9. The van der Waals surface area contributed by atoms with Crippen molar-refractivity contribution in [1.82, 2.24) is 20.5 Å². The molecule has 0 radical (unpaired) electrons. The van der Waals surface area contributed by atoms with Crippen molar-refractivity contribution in [3.8, 4) is 0 Å². The molecule has 7 nitrogen and oxygen atoms in total. The number of nitrogens with one attached hydrogen (secondary N) is 2. The lowest BCUT2D eigenvalue weighted by Gasteiger charge is -2.32. The molecule has 1 fully saturated rings. The molecule has 1 saturated heterocycles. The first-order valence-corrected chi connectivity index (χ1v) is 9.52. The van der Waals surface area contributed by atoms with Crippen molar-refractivity contribution in [2.75, 3.05) is 19.6 Å². The normalized spacial score (nSPS) is 14.3. The Labute approximate surface area is 168 Å². The van der Waals surface area contributed by atoms with E-state index in [1.165, 1.54) is 12.1 Å². The number of nitrogens with zero attached hydrogens (tertiary/aromatic N) is 2. The molecule has 1 aromatic carbocycles. The second kappa shape index (κ2) is 9.77. The van der Waals surface area contributed by atoms with Crippen LogP contribution in [0.15, 0.2) is 48.8 Å². The van der Waals surface area contributed by atoms with Gasteiger partial charge in [-0.3, -0.25) is 19.4 Å². The van der Waals surface area contributed by atoms with E-state index < -0.39 is 11.8 Å². The fourth-order valence-electron chi connectivity index (χ4n) is 3.19. The van der Waals surface area contributed by atoms with Gasteiger partial charge in [0.1, 0.15) is 5.82 Å². The van der Waals surface area contributed by atoms with Crippen LogP contribution in [0.4, 0.5) is 4.39 Å². The van der Waals surface area contributed by atoms with Gasteiger partial charge in [-0.15, -0.1) is 0 Å². The van der Waals surface area contributed by atoms with Gasteiger partial charge in [-0.05, 0) is 48.6 Å². The second-order valence-corrected chi connectivity index (χ2v) is 7.00. The van der Waals surface area contributed by atoms with Crippen LogP contribution >= 0.6 is 0 Å². The van der Waals surface area contributed by atoms with E-state index in [1.54, 1.807) is 41.6 Å². The van der Waals surface area contributed by atoms with Gasteiger partial charge in [-0.2, -0.15) is 0 Å². The van der Waals surface area contributed by atoms with Gasteiger partial charge in [0.25, 0.3) is 5.91 Å². The highest BCUT2D eigenvalue weighted by Gasteiger charge is 2.24. The summed E-state index contributed by atoms with van der Waals surface area (Å²) in [5, 5.41) is 5.16. The van der Waals surface area contributed by atoms with Crippen molar-refractivity contribution in [3.05, 3.63) is 65.7 Å². The third-order valence-electron chi connectivity index (χ3n) is 4.93. The number of hydrogen-bond donors (Lipinski definition) is 2. The lowest BCUT2D eigenvalue weighted by molar-refractivity contribution is -0.139. The van der Waals surface area contributed by atoms with E-state index in [1.807, 2.05) is 0 Å². The Hall–Kier alpha value is -3.29. The summed E-state index contributed by atoms with van der Waals surface area (Å²) in [5.41, 5.74) is 1.27. The maximum absolute atomic E-state index is 12.9. The van der Waals surface area contributed by atoms with Crippen LogP contribution in [0.3, 0.4) is 0 Å². The molecule has 3 amide bonds. The topological polar surface area (TPSA) is 91.4 Å². The molecule has 1 aromatic heterocycles. The first kappa shape index (κ1) is 20.4. The predicted molar refractivity (Wildman–Crippen MR) is 104 cm³/mol. The van der Waals surface area contributed by atoms with Gasteiger partial charge < -0.3 is 15.5 Å². The molecule has 0 aliphatic carbocycles. The fraction of sp³-hybridized carbons (Fsp3) is 0.333. The molecule has 8 heteroatoms. The molecule has 0 saturated carbocycles. The van der Waals surface area contributed by atoms with Crippen molar-refractivity contribution in [3.63, 3.8) is 0 Å². The third-order valence-corrected chi connectivity index (χ3v) is 4.93. The second-order valence-electron chi connectivity index (χ2n) is 7.00. The number of carbonyl (C=O) groups excluding carboxylic acids is 3. The number of hydrogen-bond acceptors (Lipinski definition) is 4. The summed E-state index contributed by atoms with van der Waals surface area (Å²) in [6, 6.07) is 9.17. The molecule has 2 aromatic rings. The lowest BCUT2D eigenvalue weighted by atomic mass is 9.96. The molecular formula is C21H23FN4O3. The molecule has 3 rings (SSSR count). The SMILES string of the molecule is O=C(NCc1ccc(F)cc1)C(=O)NCC1CCN(C(=O)c2cccnc2)CC1. The maximum atomic E-state index is 12.9. The molecule has 2 N–H and O–H groups in total. The smallest absolute Gasteiger partial charge is 0.309 e. The Kier molecular flexibility index (Phi) is 6.89. The Morgan fingerprint density at radius 3 is 2.38 bits per heavy atom. The third kappa shape index (κ3) is 5.84. The quantitative estimate of drug-likeness (QED) is 0.747. The van der Waals surface area contributed by atoms with Crippen LogP contribution in [0, 0.1) is 11.7 Å². The number of aromatic nitrogens is 1. The molecule has 0 unspecified atom stereocenters. The van der Waals surface area contributed by atoms with Gasteiger partial charge in [-0.1, -0.05) is 12.1 Å². The summed E-state index contributed by atoms with van der Waals surface area (Å²) in [6.07, 6.45) is 4.69. The summed E-state index contributed by atoms with van der Waals surface area (Å²) < 4.78 is 12.9. The largest absolute Gasteiger partial charge is 0.348 e. The van der Waals surface area contributed by atoms with Crippen LogP contribution < -0.4 is 10.6 Å². The van der Waals surface area contributed by atoms with Crippen LogP contribution in [0.25, 0.3) is 0 Å². The van der Waals surface area contributed by atoms with Crippen molar-refractivity contribution in [2.24, 2.45) is 5.92 Å². The van der Waals surface area contributed by atoms with E-state index in [-0.39, 0.29) is 24.2 Å². The zero-order chi connectivity index (χ0) is 20.6. The molecule has 29 heavy (non-hydrogen) atoms. The van der Waals surface area contributed by atoms with E-state index in [2.05, 4.69) is 15.6 Å². The number of pyridine rings is 1. The van der Waals surface area contributed by atoms with Crippen LogP contribution in [0.5, 0.6) is 0 Å². The first-order valence-electron chi connectivity index (χ1n) is 9.52. The van der Waals surface area contributed by atoms with Gasteiger partial charge in [0.05, 0.1) is 5.56 Å². The number of piperidine rings is 1. The summed E-state index contributed by atoms with van der Waals surface area (Å²) in [5.74, 6) is -1.60. The number of rotatable bonds is 5. The number of benzene rings is 1. The monoisotopic (exact) mass is 398 g/mol. The van der Waals surface area contributed by atoms with Gasteiger partial charge in [0, 0.05) is 38.6 Å². The summed E-state index contributed by atoms with van der Waals surface area (Å²) in [7, 11) is 0. The molecule has 0 bridgehead atoms. The van der Waals surface area contributed by atoms with Crippen molar-refractivity contribution in [2.45, 2.75) is 19.4 Å². The standard InChI is InChI=1S/C21H23FN4O3/c22-18-5-3-15(4-6-18)12-24-19(27)20(28)25-13-16-7-10-26(11-8-16)21(29)17-2-1-9-23-14-17/h1-6,9,14,16H,7-8,10-13H2,(H,24,27)(H,25,28). The minimum atomic E-state index is -0.724. The first-order chi connectivity index (χ1) is 14.0. The molecule has 1 aliphatic rings. The Bertz CT molecular complexity index is 850. The van der Waals surface area contributed by atoms with Gasteiger partial charge in [-0.25, -0.2) is 4.39 Å². The van der Waals surface area contributed by atoms with E-state index in [0.29, 0.717) is 30.8 Å². The van der Waals surface area contributed by atoms with E-state index in [0.717, 1.165) is 12.8 Å². The maximum Gasteiger partial charge on any atom is 0.309 e. The van der Waals surface area contributed by atoms with Gasteiger partial charge in [0.2, 0.25) is 0 Å². The molecule has 0 spiro atoms. The Morgan fingerprint density at radius 2 is 1.72 bits per heavy atom. The number of likely N-dealkylation sites (tertiary alicyclic amines) is 1. The van der Waals surface area contributed by atoms with Gasteiger partial charge >= 0.3 is 11.8 Å². The lowest BCUT2D eigenvalue weighted by Crippen LogP contribution is -2.44. The minimum Gasteiger partial charge on any atom is -0.348 e. The average molecular weight is 398 g/mol. The Morgan fingerprint density at radius 1 is 1.03 bits per heavy atom. The number of carbonyl (C=O) groups is 3. The molecule has 1 aliphatic heterocycles. The number of halogens is 1. The van der Waals surface area contributed by atoms with E-state index in [4.69, 9.17) is 0 Å². The van der Waals surface area contributed by atoms with Crippen LogP contribution in [-0.4, -0.2) is 47.2 Å². The summed E-state index contributed by atoms with van der Waals surface area (Å²) in [6.45, 7) is 1.75. The highest BCUT2D eigenvalue weighted by molar-refractivity contribution is 6.35. The molecule has 0 atom stereocenters. The number of amides is 3. The molecule has 2 heterocycles. The highest BCUT2D eigenvalue weighted by Crippen LogP contribution is 2.18. The van der Waals surface area contributed by atoms with Crippen molar-refractivity contribution < 1.29 is 18.8 Å². The average Bonchev–Trinajstić information content (AvgIpc) is 2.77. The van der Waals surface area contributed by atoms with Crippen LogP contribution in [0.1, 0.15) is 28.8 Å². The minimum absolute atomic E-state index is 0.0410. The summed E-state index contributed by atoms with van der Waals surface area (Å²) in [4.78, 5) is 42.0. The highest BCUT2D eigenvalue weighted by atomic mass is 19.1. The van der Waals surface area contributed by atoms with E-state index in [9.17, 15) is 18.8 Å². The zero-order valence-corrected chi connectivity index (χ0v) is 15.9. The van der Waals surface area contributed by atoms with Gasteiger partial charge in [0.15, 0.2) is 0 Å². The van der Waals surface area contributed by atoms with Crippen molar-refractivity contribution >= 4 is 17.7 Å². The molecular weight excluding hydrogens is 375 g/mol. The van der Waals surface area contributed by atoms with Crippen LogP contribution in [-0.2, 0) is 16.1 Å². The Balaban J connectivity index is 1.37. The predicted octanol–water partition coefficient (Wildman–Crippen LogP) is 1.51. The molecule has 152 valence electrons. The van der Waals surface area contributed by atoms with Crippen LogP contribution in [0.2, 0.25) is 0 Å². The van der Waals surface area contributed by atoms with E-state index >= 15 is 0 Å².